The summed E-state index contributed by atoms with van der Waals surface area (Å²) < 4.78 is 0. The van der Waals surface area contributed by atoms with Gasteiger partial charge in [-0.15, -0.1) is 24.8 Å². The maximum atomic E-state index is 10.3. The van der Waals surface area contributed by atoms with Crippen molar-refractivity contribution in [3.63, 3.8) is 0 Å². The van der Waals surface area contributed by atoms with Gasteiger partial charge in [-0.25, -0.2) is 0 Å². The molecule has 0 aliphatic rings. The van der Waals surface area contributed by atoms with E-state index in [0.717, 1.165) is 6.07 Å². The quantitative estimate of drug-likeness (QED) is 0.457. The Balaban J connectivity index is 0. The van der Waals surface area contributed by atoms with E-state index in [9.17, 15) is 10.1 Å². The summed E-state index contributed by atoms with van der Waals surface area (Å²) in [6.07, 6.45) is 0. The summed E-state index contributed by atoms with van der Waals surface area (Å²) in [5.41, 5.74) is 5.37. The van der Waals surface area contributed by atoms with Gasteiger partial charge < -0.3 is 5.73 Å². The lowest BCUT2D eigenvalue weighted by Crippen LogP contribution is -1.95. The molecule has 0 heterocycles. The number of halogens is 2. The van der Waals surface area contributed by atoms with Gasteiger partial charge >= 0.3 is 0 Å². The van der Waals surface area contributed by atoms with Crippen LogP contribution in [0.25, 0.3) is 0 Å². The van der Waals surface area contributed by atoms with Crippen molar-refractivity contribution in [2.24, 2.45) is 0 Å². The van der Waals surface area contributed by atoms with Gasteiger partial charge in [0.2, 0.25) is 0 Å². The fourth-order valence-corrected chi connectivity index (χ4v) is 0.771. The van der Waals surface area contributed by atoms with Crippen molar-refractivity contribution >= 4 is 36.2 Å². The molecule has 0 radical (unpaired) electrons. The minimum Gasteiger partial charge on any atom is -0.393 e. The van der Waals surface area contributed by atoms with E-state index in [1.165, 1.54) is 12.1 Å². The first-order valence-corrected chi connectivity index (χ1v) is 3.09. The predicted molar refractivity (Wildman–Crippen MR) is 56.7 cm³/mol. The molecule has 0 saturated carbocycles. The molecule has 0 aliphatic heterocycles. The lowest BCUT2D eigenvalue weighted by Gasteiger charge is -1.95. The Kier molecular flexibility index (Phi) is 6.45. The highest BCUT2D eigenvalue weighted by atomic mass is 35.5. The molecule has 14 heavy (non-hydrogen) atoms. The Morgan fingerprint density at radius 2 is 2.00 bits per heavy atom. The van der Waals surface area contributed by atoms with Crippen LogP contribution in [-0.2, 0) is 0 Å². The lowest BCUT2D eigenvalue weighted by atomic mass is 10.2. The minimum atomic E-state index is -0.615. The molecule has 76 valence electrons. The van der Waals surface area contributed by atoms with Crippen molar-refractivity contribution in [2.45, 2.75) is 0 Å². The molecule has 5 nitrogen and oxygen atoms in total. The van der Waals surface area contributed by atoms with Gasteiger partial charge in [-0.3, -0.25) is 10.1 Å². The van der Waals surface area contributed by atoms with Gasteiger partial charge in [-0.05, 0) is 12.1 Å². The first-order chi connectivity index (χ1) is 5.65. The fourth-order valence-electron chi connectivity index (χ4n) is 0.771. The molecular formula is C7H7Cl2N3O2. The molecule has 0 aromatic heterocycles. The summed E-state index contributed by atoms with van der Waals surface area (Å²) in [6.45, 7) is 0. The summed E-state index contributed by atoms with van der Waals surface area (Å²) in [6, 6.07) is 5.71. The first-order valence-electron chi connectivity index (χ1n) is 3.09. The van der Waals surface area contributed by atoms with Crippen molar-refractivity contribution in [3.8, 4) is 6.07 Å². The van der Waals surface area contributed by atoms with E-state index in [4.69, 9.17) is 11.0 Å². The molecule has 7 heteroatoms. The third kappa shape index (κ3) is 3.09. The molecule has 2 N–H and O–H groups in total. The van der Waals surface area contributed by atoms with Crippen LogP contribution in [0.5, 0.6) is 0 Å². The van der Waals surface area contributed by atoms with Crippen molar-refractivity contribution in [3.05, 3.63) is 33.9 Å². The molecule has 0 amide bonds. The van der Waals surface area contributed by atoms with E-state index in [1.54, 1.807) is 6.07 Å². The van der Waals surface area contributed by atoms with Gasteiger partial charge in [0, 0.05) is 6.07 Å². The molecule has 1 aromatic rings. The summed E-state index contributed by atoms with van der Waals surface area (Å²) >= 11 is 0. The normalized spacial score (nSPS) is 7.64. The zero-order chi connectivity index (χ0) is 9.14. The Bertz CT molecular complexity index is 376. The van der Waals surface area contributed by atoms with Crippen molar-refractivity contribution in [1.82, 2.24) is 0 Å². The van der Waals surface area contributed by atoms with Crippen LogP contribution in [0.15, 0.2) is 18.2 Å². The number of hydrogen-bond acceptors (Lipinski definition) is 4. The highest BCUT2D eigenvalue weighted by Gasteiger charge is 2.10. The van der Waals surface area contributed by atoms with Gasteiger partial charge in [0.05, 0.1) is 16.6 Å². The largest absolute Gasteiger partial charge is 0.393 e. The number of rotatable bonds is 1. The van der Waals surface area contributed by atoms with E-state index < -0.39 is 4.92 Å². The van der Waals surface area contributed by atoms with Crippen LogP contribution in [0, 0.1) is 21.4 Å². The first kappa shape index (κ1) is 15.0. The number of nitrogens with zero attached hydrogens (tertiary/aromatic N) is 2. The molecule has 0 unspecified atom stereocenters. The SMILES string of the molecule is Cl.Cl.N#Cc1ccc(N)c([N+](=O)[O-])c1. The van der Waals surface area contributed by atoms with Crippen LogP contribution in [0.4, 0.5) is 11.4 Å². The van der Waals surface area contributed by atoms with E-state index in [0.29, 0.717) is 0 Å². The summed E-state index contributed by atoms with van der Waals surface area (Å²) in [4.78, 5) is 9.69. The van der Waals surface area contributed by atoms with Gasteiger partial charge in [-0.2, -0.15) is 5.26 Å². The number of nitrogen functional groups attached to an aromatic ring is 1. The zero-order valence-corrected chi connectivity index (χ0v) is 8.47. The van der Waals surface area contributed by atoms with Crippen molar-refractivity contribution in [1.29, 1.82) is 5.26 Å². The van der Waals surface area contributed by atoms with Crippen LogP contribution < -0.4 is 5.73 Å². The molecular weight excluding hydrogens is 229 g/mol. The van der Waals surface area contributed by atoms with Crippen LogP contribution in [0.1, 0.15) is 5.56 Å². The molecule has 0 fully saturated rings. The third-order valence-electron chi connectivity index (χ3n) is 1.36. The fraction of sp³-hybridized carbons (Fsp3) is 0. The van der Waals surface area contributed by atoms with Crippen LogP contribution in [-0.4, -0.2) is 4.92 Å². The maximum Gasteiger partial charge on any atom is 0.293 e. The monoisotopic (exact) mass is 235 g/mol. The van der Waals surface area contributed by atoms with Crippen molar-refractivity contribution < 1.29 is 4.92 Å². The Morgan fingerprint density at radius 1 is 1.43 bits per heavy atom. The van der Waals surface area contributed by atoms with E-state index >= 15 is 0 Å². The Hall–Kier alpha value is -1.51. The summed E-state index contributed by atoms with van der Waals surface area (Å²) in [7, 11) is 0. The van der Waals surface area contributed by atoms with Gasteiger partial charge in [-0.1, -0.05) is 0 Å². The molecule has 0 spiro atoms. The van der Waals surface area contributed by atoms with E-state index in [2.05, 4.69) is 0 Å². The summed E-state index contributed by atoms with van der Waals surface area (Å²) in [5.74, 6) is 0. The summed E-state index contributed by atoms with van der Waals surface area (Å²) in [5, 5.41) is 18.7. The molecule has 0 atom stereocenters. The van der Waals surface area contributed by atoms with Crippen molar-refractivity contribution in [2.75, 3.05) is 5.73 Å². The van der Waals surface area contributed by atoms with Crippen LogP contribution in [0.3, 0.4) is 0 Å². The molecule has 1 aromatic carbocycles. The van der Waals surface area contributed by atoms with Crippen LogP contribution in [0.2, 0.25) is 0 Å². The van der Waals surface area contributed by atoms with Gasteiger partial charge in [0.25, 0.3) is 5.69 Å². The van der Waals surface area contributed by atoms with Gasteiger partial charge in [0.1, 0.15) is 5.69 Å². The smallest absolute Gasteiger partial charge is 0.293 e. The molecule has 0 aliphatic carbocycles. The maximum absolute atomic E-state index is 10.3. The molecule has 1 rings (SSSR count). The second kappa shape index (κ2) is 6.02. The number of nitro groups is 1. The van der Waals surface area contributed by atoms with Gasteiger partial charge in [0.15, 0.2) is 0 Å². The molecule has 0 bridgehead atoms. The Labute approximate surface area is 92.5 Å². The zero-order valence-electron chi connectivity index (χ0n) is 6.84. The topological polar surface area (TPSA) is 93.0 Å². The third-order valence-corrected chi connectivity index (χ3v) is 1.36. The standard InChI is InChI=1S/C7H5N3O2.2ClH/c8-4-5-1-2-6(9)7(3-5)10(11)12;;/h1-3H,9H2;2*1H. The average molecular weight is 236 g/mol. The number of anilines is 1. The van der Waals surface area contributed by atoms with Crippen LogP contribution >= 0.6 is 24.8 Å². The number of hydrogen-bond donors (Lipinski definition) is 1. The molecule has 0 saturated heterocycles. The lowest BCUT2D eigenvalue weighted by molar-refractivity contribution is -0.383. The highest BCUT2D eigenvalue weighted by Crippen LogP contribution is 2.21. The number of benzene rings is 1. The second-order valence-corrected chi connectivity index (χ2v) is 2.14. The highest BCUT2D eigenvalue weighted by molar-refractivity contribution is 5.85. The Morgan fingerprint density at radius 3 is 2.43 bits per heavy atom. The van der Waals surface area contributed by atoms with E-state index in [1.807, 2.05) is 0 Å². The average Bonchev–Trinajstić information content (AvgIpc) is 2.05. The minimum absolute atomic E-state index is 0. The van der Waals surface area contributed by atoms with E-state index in [-0.39, 0.29) is 41.8 Å². The number of nitrogens with two attached hydrogens (primary N) is 1. The predicted octanol–water partition coefficient (Wildman–Crippen LogP) is 1.89. The number of nitriles is 1. The number of nitro benzene ring substituents is 1. The second-order valence-electron chi connectivity index (χ2n) is 2.14.